The number of allylic oxidation sites excluding steroid dienone is 1. The van der Waals surface area contributed by atoms with Crippen molar-refractivity contribution in [2.24, 2.45) is 10.9 Å². The van der Waals surface area contributed by atoms with E-state index in [4.69, 9.17) is 19.5 Å². The van der Waals surface area contributed by atoms with Crippen LogP contribution in [0.3, 0.4) is 0 Å². The van der Waals surface area contributed by atoms with Crippen LogP contribution in [0.15, 0.2) is 47.5 Å². The van der Waals surface area contributed by atoms with Crippen molar-refractivity contribution in [3.8, 4) is 5.88 Å². The predicted octanol–water partition coefficient (Wildman–Crippen LogP) is 6.14. The van der Waals surface area contributed by atoms with Gasteiger partial charge in [0, 0.05) is 16.7 Å². The molecule has 0 bridgehead atoms. The molecule has 1 aromatic carbocycles. The molecular formula is C27H32N2O2. The van der Waals surface area contributed by atoms with E-state index in [2.05, 4.69) is 56.3 Å². The first-order chi connectivity index (χ1) is 15.0. The molecule has 1 aromatic heterocycles. The van der Waals surface area contributed by atoms with Gasteiger partial charge in [0.1, 0.15) is 6.61 Å². The Morgan fingerprint density at radius 3 is 2.39 bits per heavy atom. The molecule has 2 heterocycles. The van der Waals surface area contributed by atoms with Gasteiger partial charge in [-0.1, -0.05) is 37.1 Å². The second-order valence-corrected chi connectivity index (χ2v) is 9.79. The van der Waals surface area contributed by atoms with Gasteiger partial charge in [0.2, 0.25) is 11.8 Å². The van der Waals surface area contributed by atoms with Crippen LogP contribution in [0.4, 0.5) is 0 Å². The van der Waals surface area contributed by atoms with Gasteiger partial charge in [0.05, 0.1) is 18.3 Å². The molecule has 2 saturated carbocycles. The van der Waals surface area contributed by atoms with E-state index in [9.17, 15) is 0 Å². The number of rotatable bonds is 6. The van der Waals surface area contributed by atoms with Gasteiger partial charge in [0.25, 0.3) is 0 Å². The molecule has 162 valence electrons. The Bertz CT molecular complexity index is 1010. The van der Waals surface area contributed by atoms with Crippen molar-refractivity contribution in [1.29, 1.82) is 0 Å². The van der Waals surface area contributed by atoms with Crippen LogP contribution in [0.25, 0.3) is 5.57 Å². The maximum Gasteiger partial charge on any atom is 0.217 e. The molecule has 2 fully saturated rings. The second kappa shape index (κ2) is 8.14. The van der Waals surface area contributed by atoms with Crippen molar-refractivity contribution in [3.63, 3.8) is 0 Å². The fraction of sp³-hybridized carbons (Fsp3) is 0.481. The maximum atomic E-state index is 5.83. The summed E-state index contributed by atoms with van der Waals surface area (Å²) in [4.78, 5) is 9.66. The SMILES string of the molecule is COc1nc(/C(=C/C2CCCC2)c2ccc(C3=NC(C)(C)CO3)cc2)ccc1C1CC1. The zero-order valence-electron chi connectivity index (χ0n) is 18.9. The Hall–Kier alpha value is -2.62. The summed E-state index contributed by atoms with van der Waals surface area (Å²) >= 11 is 0. The van der Waals surface area contributed by atoms with E-state index >= 15 is 0 Å². The van der Waals surface area contributed by atoms with Crippen LogP contribution in [0.5, 0.6) is 5.88 Å². The normalized spacial score (nSPS) is 21.1. The molecule has 0 amide bonds. The van der Waals surface area contributed by atoms with E-state index in [1.54, 1.807) is 7.11 Å². The van der Waals surface area contributed by atoms with Crippen LogP contribution < -0.4 is 4.74 Å². The minimum absolute atomic E-state index is 0.148. The first-order valence-electron chi connectivity index (χ1n) is 11.6. The molecule has 3 aliphatic rings. The van der Waals surface area contributed by atoms with Gasteiger partial charge in [-0.05, 0) is 75.1 Å². The van der Waals surface area contributed by atoms with Gasteiger partial charge in [-0.25, -0.2) is 9.98 Å². The van der Waals surface area contributed by atoms with Gasteiger partial charge in [0.15, 0.2) is 0 Å². The molecule has 0 unspecified atom stereocenters. The molecule has 31 heavy (non-hydrogen) atoms. The lowest BCUT2D eigenvalue weighted by atomic mass is 9.95. The summed E-state index contributed by atoms with van der Waals surface area (Å²) in [6.45, 7) is 4.83. The zero-order valence-corrected chi connectivity index (χ0v) is 18.9. The van der Waals surface area contributed by atoms with Gasteiger partial charge in [-0.2, -0.15) is 0 Å². The minimum Gasteiger partial charge on any atom is -0.481 e. The zero-order chi connectivity index (χ0) is 21.4. The van der Waals surface area contributed by atoms with Crippen molar-refractivity contribution in [2.45, 2.75) is 63.8 Å². The van der Waals surface area contributed by atoms with Crippen LogP contribution in [-0.4, -0.2) is 30.1 Å². The first kappa shape index (κ1) is 20.3. The highest BCUT2D eigenvalue weighted by molar-refractivity contribution is 5.96. The molecule has 5 rings (SSSR count). The molecule has 2 aromatic rings. The Morgan fingerprint density at radius 1 is 1.03 bits per heavy atom. The largest absolute Gasteiger partial charge is 0.481 e. The van der Waals surface area contributed by atoms with Crippen LogP contribution in [0, 0.1) is 5.92 Å². The van der Waals surface area contributed by atoms with Crippen LogP contribution in [-0.2, 0) is 4.74 Å². The van der Waals surface area contributed by atoms with E-state index in [1.165, 1.54) is 55.2 Å². The third kappa shape index (κ3) is 4.39. The number of ether oxygens (including phenoxy) is 2. The van der Waals surface area contributed by atoms with Gasteiger partial charge >= 0.3 is 0 Å². The third-order valence-corrected chi connectivity index (χ3v) is 6.59. The summed E-state index contributed by atoms with van der Waals surface area (Å²) in [7, 11) is 1.73. The minimum atomic E-state index is -0.148. The monoisotopic (exact) mass is 416 g/mol. The summed E-state index contributed by atoms with van der Waals surface area (Å²) in [6, 6.07) is 13.0. The molecular weight excluding hydrogens is 384 g/mol. The number of aromatic nitrogens is 1. The molecule has 4 nitrogen and oxygen atoms in total. The average molecular weight is 417 g/mol. The summed E-state index contributed by atoms with van der Waals surface area (Å²) in [6.07, 6.45) is 10.1. The number of hydrogen-bond donors (Lipinski definition) is 0. The lowest BCUT2D eigenvalue weighted by Gasteiger charge is -2.14. The number of methoxy groups -OCH3 is 1. The highest BCUT2D eigenvalue weighted by Crippen LogP contribution is 2.44. The van der Waals surface area contributed by atoms with Crippen molar-refractivity contribution < 1.29 is 9.47 Å². The number of pyridine rings is 1. The molecule has 0 saturated heterocycles. The first-order valence-corrected chi connectivity index (χ1v) is 11.6. The number of nitrogens with zero attached hydrogens (tertiary/aromatic N) is 2. The number of benzene rings is 1. The predicted molar refractivity (Wildman–Crippen MR) is 125 cm³/mol. The van der Waals surface area contributed by atoms with E-state index in [1.807, 2.05) is 0 Å². The lowest BCUT2D eigenvalue weighted by molar-refractivity contribution is 0.279. The highest BCUT2D eigenvalue weighted by atomic mass is 16.5. The lowest BCUT2D eigenvalue weighted by Crippen LogP contribution is -2.17. The van der Waals surface area contributed by atoms with E-state index in [0.717, 1.165) is 23.0 Å². The molecule has 0 radical (unpaired) electrons. The van der Waals surface area contributed by atoms with Crippen molar-refractivity contribution >= 4 is 11.5 Å². The fourth-order valence-electron chi connectivity index (χ4n) is 4.68. The topological polar surface area (TPSA) is 43.7 Å². The Kier molecular flexibility index (Phi) is 5.33. The van der Waals surface area contributed by atoms with Crippen molar-refractivity contribution in [1.82, 2.24) is 4.98 Å². The van der Waals surface area contributed by atoms with Gasteiger partial charge in [-0.15, -0.1) is 0 Å². The van der Waals surface area contributed by atoms with E-state index in [-0.39, 0.29) is 5.54 Å². The number of hydrogen-bond acceptors (Lipinski definition) is 4. The van der Waals surface area contributed by atoms with Crippen molar-refractivity contribution in [2.75, 3.05) is 13.7 Å². The quantitative estimate of drug-likeness (QED) is 0.568. The van der Waals surface area contributed by atoms with Crippen LogP contribution >= 0.6 is 0 Å². The standard InChI is InChI=1S/C27H32N2O2/c1-27(2)17-31-25(29-27)21-12-10-20(11-13-21)23(16-18-6-4-5-7-18)24-15-14-22(19-8-9-19)26(28-24)30-3/h10-16,18-19H,4-9,17H2,1-3H3/b23-16+. The fourth-order valence-corrected chi connectivity index (χ4v) is 4.68. The molecule has 0 N–H and O–H groups in total. The average Bonchev–Trinajstić information content (AvgIpc) is 3.37. The van der Waals surface area contributed by atoms with Crippen molar-refractivity contribution in [3.05, 3.63) is 64.9 Å². The third-order valence-electron chi connectivity index (χ3n) is 6.59. The molecule has 4 heteroatoms. The molecule has 1 aliphatic heterocycles. The second-order valence-electron chi connectivity index (χ2n) is 9.79. The summed E-state index contributed by atoms with van der Waals surface area (Å²) in [5, 5.41) is 0. The number of aliphatic imine (C=N–C) groups is 1. The van der Waals surface area contributed by atoms with Crippen LogP contribution in [0.1, 0.15) is 80.7 Å². The summed E-state index contributed by atoms with van der Waals surface area (Å²) in [5.41, 5.74) is 5.52. The van der Waals surface area contributed by atoms with Gasteiger partial charge < -0.3 is 9.47 Å². The molecule has 2 aliphatic carbocycles. The molecule has 0 atom stereocenters. The van der Waals surface area contributed by atoms with Crippen LogP contribution in [0.2, 0.25) is 0 Å². The van der Waals surface area contributed by atoms with E-state index < -0.39 is 0 Å². The Labute approximate surface area is 185 Å². The van der Waals surface area contributed by atoms with Gasteiger partial charge in [-0.3, -0.25) is 0 Å². The summed E-state index contributed by atoms with van der Waals surface area (Å²) in [5.74, 6) is 2.76. The smallest absolute Gasteiger partial charge is 0.217 e. The van der Waals surface area contributed by atoms with E-state index in [0.29, 0.717) is 18.4 Å². The summed E-state index contributed by atoms with van der Waals surface area (Å²) < 4.78 is 11.5. The Morgan fingerprint density at radius 2 is 1.77 bits per heavy atom. The molecule has 0 spiro atoms. The maximum absolute atomic E-state index is 5.83. The Balaban J connectivity index is 1.50. The highest BCUT2D eigenvalue weighted by Gasteiger charge is 2.29.